The van der Waals surface area contributed by atoms with Crippen molar-refractivity contribution in [2.75, 3.05) is 80.6 Å². The number of benzene rings is 6. The summed E-state index contributed by atoms with van der Waals surface area (Å²) in [6, 6.07) is 24.9. The number of Topliss-reactive ketones (excluding diaryl/α,β-unsaturated/α-hetero) is 1. The van der Waals surface area contributed by atoms with Gasteiger partial charge in [-0.3, -0.25) is 11.4 Å². The summed E-state index contributed by atoms with van der Waals surface area (Å²) in [5.74, 6) is 9.54. The van der Waals surface area contributed by atoms with Crippen molar-refractivity contribution < 1.29 is 107 Å². The number of hydrogen-bond donors (Lipinski definition) is 0. The van der Waals surface area contributed by atoms with Crippen LogP contribution in [0.1, 0.15) is 152 Å². The fourth-order valence-electron chi connectivity index (χ4n) is 14.2. The number of aromatic nitrogens is 1. The maximum Gasteiger partial charge on any atom is 2.00 e. The van der Waals surface area contributed by atoms with Gasteiger partial charge < -0.3 is 114 Å². The number of fused-ring (bicyclic) bond motifs is 15. The Hall–Kier alpha value is -6.73. The van der Waals surface area contributed by atoms with Gasteiger partial charge in [0.05, 0.1) is 65.7 Å². The molecule has 16 nitrogen and oxygen atoms in total. The first-order valence-corrected chi connectivity index (χ1v) is 32.8. The van der Waals surface area contributed by atoms with Gasteiger partial charge in [0.15, 0.2) is 81.7 Å². The number of halogens is 3. The Morgan fingerprint density at radius 1 is 0.606 bits per heavy atom. The summed E-state index contributed by atoms with van der Waals surface area (Å²) >= 11 is 2.29. The van der Waals surface area contributed by atoms with Crippen LogP contribution >= 0.6 is 22.6 Å². The van der Waals surface area contributed by atoms with Gasteiger partial charge in [-0.2, -0.15) is 11.5 Å². The second kappa shape index (κ2) is 37.3. The van der Waals surface area contributed by atoms with E-state index >= 15 is 0 Å². The van der Waals surface area contributed by atoms with Crippen molar-refractivity contribution in [1.82, 2.24) is 9.80 Å². The fraction of sp³-hybridized carbons (Fsp3) is 0.392. The number of rotatable bonds is 11. The first-order chi connectivity index (χ1) is 44.8. The molecule has 99 heavy (non-hydrogen) atoms. The minimum Gasteiger partial charge on any atom is -1.00 e. The smallest absolute Gasteiger partial charge is 1.00 e. The summed E-state index contributed by atoms with van der Waals surface area (Å²) in [7, 11) is 10.1. The van der Waals surface area contributed by atoms with Gasteiger partial charge in [-0.25, -0.2) is 0 Å². The minimum absolute atomic E-state index is 0. The third-order valence-electron chi connectivity index (χ3n) is 17.9. The number of alkyl halides is 1. The van der Waals surface area contributed by atoms with Crippen LogP contribution in [0.25, 0.3) is 45.1 Å². The molecule has 20 heteroatoms. The topological polar surface area (TPSA) is 138 Å². The van der Waals surface area contributed by atoms with Gasteiger partial charge in [-0.05, 0) is 144 Å². The number of aryl methyl sites for hydroxylation is 3. The summed E-state index contributed by atoms with van der Waals surface area (Å²) in [6.45, 7) is 23.1. The molecule has 2 atom stereocenters. The zero-order chi connectivity index (χ0) is 65.1. The first kappa shape index (κ1) is 84.7. The third kappa shape index (κ3) is 16.0. The molecule has 7 aromatic rings. The van der Waals surface area contributed by atoms with Crippen LogP contribution in [0.15, 0.2) is 97.7 Å². The van der Waals surface area contributed by atoms with Crippen LogP contribution in [0.2, 0.25) is 0 Å². The summed E-state index contributed by atoms with van der Waals surface area (Å²) in [6.07, 6.45) is 11.9. The molecule has 6 aromatic carbocycles. The predicted molar refractivity (Wildman–Crippen MR) is 399 cm³/mol. The molecule has 8 aliphatic heterocycles. The van der Waals surface area contributed by atoms with Crippen LogP contribution in [-0.2, 0) is 37.0 Å². The second-order valence-electron chi connectivity index (χ2n) is 23.1. The van der Waals surface area contributed by atoms with Crippen LogP contribution in [0.5, 0.6) is 69.0 Å². The normalized spacial score (nSPS) is 15.1. The fourth-order valence-corrected chi connectivity index (χ4v) is 14.2. The van der Waals surface area contributed by atoms with Gasteiger partial charge in [-0.15, -0.1) is 0 Å². The van der Waals surface area contributed by atoms with E-state index in [1.54, 1.807) is 56.5 Å². The van der Waals surface area contributed by atoms with Crippen LogP contribution in [-0.4, -0.2) is 119 Å². The first-order valence-electron chi connectivity index (χ1n) is 31.3. The Bertz CT molecular complexity index is 4120. The SMILES string of the molecule is C.C.C.C.C=C(C)C1c2c(ccc(OC)c2OC)C(CC)=C2c3cc4c(cc3CCN21)OCO4.C=[C-]C.CCI.CCc1c2[n+](cc3c(OC)c(OC)ccc13)CCc1cc3c(cc1-2)OCO3.COc1ccc2c(c1OC)C(CC(C)=O)N1CCc3cc4c(cc3C1=C2)OCO4.[Br-].[I-].[Mg+2]. The quantitative estimate of drug-likeness (QED) is 0.0303. The number of allylic oxidation sites excluding steroid dienone is 2. The summed E-state index contributed by atoms with van der Waals surface area (Å²) in [5.41, 5.74) is 19.2. The summed E-state index contributed by atoms with van der Waals surface area (Å²) in [4.78, 5) is 17.0. The molecule has 0 radical (unpaired) electrons. The Morgan fingerprint density at radius 2 is 1.06 bits per heavy atom. The Balaban J connectivity index is 0.000000293. The van der Waals surface area contributed by atoms with Gasteiger partial charge in [-0.1, -0.05) is 97.4 Å². The number of pyridine rings is 1. The summed E-state index contributed by atoms with van der Waals surface area (Å²) in [5, 5.41) is 2.29. The van der Waals surface area contributed by atoms with Crippen molar-refractivity contribution in [3.8, 4) is 80.3 Å². The third-order valence-corrected chi connectivity index (χ3v) is 17.9. The molecule has 0 N–H and O–H groups in total. The number of carbonyl (C=O) groups excluding carboxylic acids is 1. The van der Waals surface area contributed by atoms with Crippen molar-refractivity contribution in [3.05, 3.63) is 159 Å². The molecule has 2 unspecified atom stereocenters. The van der Waals surface area contributed by atoms with Gasteiger partial charge in [0.2, 0.25) is 26.1 Å². The number of methoxy groups -OCH3 is 6. The van der Waals surface area contributed by atoms with E-state index in [9.17, 15) is 4.79 Å². The molecule has 9 heterocycles. The largest absolute Gasteiger partial charge is 2.00 e. The molecule has 530 valence electrons. The average Bonchev–Trinajstić information content (AvgIpc) is 1.37. The van der Waals surface area contributed by atoms with E-state index in [1.165, 1.54) is 65.7 Å². The van der Waals surface area contributed by atoms with Crippen LogP contribution < -0.4 is 102 Å². The zero-order valence-corrected chi connectivity index (χ0v) is 63.6. The van der Waals surface area contributed by atoms with Gasteiger partial charge in [0.1, 0.15) is 5.78 Å². The van der Waals surface area contributed by atoms with E-state index in [4.69, 9.17) is 56.8 Å². The number of hydrogen-bond acceptors (Lipinski definition) is 15. The monoisotopic (exact) mass is 1650 g/mol. The molecule has 0 saturated heterocycles. The van der Waals surface area contributed by atoms with Crippen molar-refractivity contribution >= 4 is 85.2 Å². The molecule has 15 rings (SSSR count). The van der Waals surface area contributed by atoms with E-state index in [0.29, 0.717) is 24.7 Å². The van der Waals surface area contributed by atoms with Crippen molar-refractivity contribution in [2.24, 2.45) is 0 Å². The molecule has 0 spiro atoms. The Morgan fingerprint density at radius 3 is 1.56 bits per heavy atom. The average molecular weight is 1660 g/mol. The van der Waals surface area contributed by atoms with Gasteiger partial charge in [0.25, 0.3) is 0 Å². The number of ketones is 1. The minimum atomic E-state index is -0.105. The molecule has 0 saturated carbocycles. The molecule has 1 aromatic heterocycles. The molecular formula is C79H98BrI2MgN3O13. The molecule has 0 bridgehead atoms. The molecule has 0 fully saturated rings. The molecule has 8 aliphatic rings. The van der Waals surface area contributed by atoms with E-state index in [2.05, 4.69) is 145 Å². The van der Waals surface area contributed by atoms with Crippen molar-refractivity contribution in [2.45, 2.75) is 128 Å². The van der Waals surface area contributed by atoms with Crippen LogP contribution in [0.4, 0.5) is 0 Å². The molecular weight excluding hydrogens is 1560 g/mol. The van der Waals surface area contributed by atoms with Crippen molar-refractivity contribution in [1.29, 1.82) is 0 Å². The standard InChI is InChI=1S/C25H27NO4.C23H23NO5.C22H22NO4.C3H5.C2H5I.4CH4.BrH.HI.Mg/c1-6-16-17-7-8-19(27-4)25(28-5)22(17)23(14(2)3)26-10-9-15-11-20-21(30-13-29-20)12-18(15)24(16)26;1-13(25)8-18-22-15(4-5-19(26-2)23(22)27-3)9-17-16-11-21-20(28-12-29-21)10-14(16)6-7-24(17)18;1-4-14-15-5-6-18(24-2)22(25-3)17(15)11-23-8-7-13-9-19-20(27-12-26-19)10-16(13)21(14)23;1-3-2;1-2-3;;;;;;;/h7-8,11-12,23H,2,6,9-10,13H2,1,3-5H3;4-5,9-11,18H,6-8,12H2,1-3H3;5-6,9-11H,4,7-8,12H2,1-3H3;1H2,2H3;2H2,1H3;4*1H4;2*1H;/q;;+1;-1;;;;;;;;+2/p-2. The molecule has 0 aliphatic carbocycles. The number of ether oxygens (including phenoxy) is 12. The number of nitrogens with zero attached hydrogens (tertiary/aromatic N) is 3. The van der Waals surface area contributed by atoms with E-state index in [-0.39, 0.29) is 125 Å². The second-order valence-corrected chi connectivity index (χ2v) is 24.6. The maximum atomic E-state index is 12.2. The van der Waals surface area contributed by atoms with Crippen LogP contribution in [0.3, 0.4) is 0 Å². The van der Waals surface area contributed by atoms with E-state index in [0.717, 1.165) is 148 Å². The van der Waals surface area contributed by atoms with Gasteiger partial charge >= 0.3 is 23.1 Å². The van der Waals surface area contributed by atoms with Crippen molar-refractivity contribution in [3.63, 3.8) is 0 Å². The van der Waals surface area contributed by atoms with E-state index < -0.39 is 0 Å². The van der Waals surface area contributed by atoms with E-state index in [1.807, 2.05) is 24.3 Å². The Kier molecular flexibility index (Phi) is 31.9. The number of carbonyl (C=O) groups is 1. The Labute approximate surface area is 645 Å². The zero-order valence-electron chi connectivity index (χ0n) is 56.3. The molecule has 0 amide bonds. The van der Waals surface area contributed by atoms with Crippen LogP contribution in [0, 0.1) is 6.08 Å². The predicted octanol–water partition coefficient (Wildman–Crippen LogP) is 11.3. The maximum absolute atomic E-state index is 12.2. The summed E-state index contributed by atoms with van der Waals surface area (Å²) < 4.78 is 71.2. The van der Waals surface area contributed by atoms with Gasteiger partial charge in [0, 0.05) is 70.5 Å².